The summed E-state index contributed by atoms with van der Waals surface area (Å²) in [5.74, 6) is 0.606. The zero-order chi connectivity index (χ0) is 18.1. The van der Waals surface area contributed by atoms with Gasteiger partial charge in [-0.2, -0.15) is 0 Å². The number of rotatable bonds is 9. The van der Waals surface area contributed by atoms with E-state index in [2.05, 4.69) is 5.32 Å². The molecule has 2 rings (SSSR count). The molecule has 1 aromatic rings. The maximum Gasteiger partial charge on any atom is 0.245 e. The van der Waals surface area contributed by atoms with Crippen LogP contribution in [0.5, 0.6) is 5.75 Å². The molecule has 1 aliphatic heterocycles. The Balaban J connectivity index is 1.76. The SMILES string of the molecule is CNC(=O)/C=C\N(C=O)C1OC(COPOc2ccccc2)CC1C. The minimum absolute atomic E-state index is 0.118. The van der Waals surface area contributed by atoms with Gasteiger partial charge in [0, 0.05) is 25.2 Å². The van der Waals surface area contributed by atoms with Gasteiger partial charge >= 0.3 is 0 Å². The van der Waals surface area contributed by atoms with Crippen molar-refractivity contribution < 1.29 is 23.4 Å². The van der Waals surface area contributed by atoms with Gasteiger partial charge in [-0.15, -0.1) is 0 Å². The fourth-order valence-electron chi connectivity index (χ4n) is 2.50. The number of ether oxygens (including phenoxy) is 1. The van der Waals surface area contributed by atoms with Crippen molar-refractivity contribution in [2.75, 3.05) is 13.7 Å². The van der Waals surface area contributed by atoms with Crippen LogP contribution >= 0.6 is 9.03 Å². The Bertz CT molecular complexity index is 584. The van der Waals surface area contributed by atoms with Crippen LogP contribution in [-0.2, 0) is 18.8 Å². The van der Waals surface area contributed by atoms with E-state index < -0.39 is 6.23 Å². The van der Waals surface area contributed by atoms with Crippen LogP contribution in [0.25, 0.3) is 0 Å². The van der Waals surface area contributed by atoms with Gasteiger partial charge in [-0.25, -0.2) is 0 Å². The topological polar surface area (TPSA) is 77.1 Å². The zero-order valence-electron chi connectivity index (χ0n) is 14.3. The van der Waals surface area contributed by atoms with Gasteiger partial charge in [0.1, 0.15) is 12.0 Å². The lowest BCUT2D eigenvalue weighted by molar-refractivity contribution is -0.129. The summed E-state index contributed by atoms with van der Waals surface area (Å²) in [7, 11) is 1.41. The van der Waals surface area contributed by atoms with Crippen molar-refractivity contribution >= 4 is 21.4 Å². The van der Waals surface area contributed by atoms with E-state index in [4.69, 9.17) is 13.8 Å². The van der Waals surface area contributed by atoms with E-state index in [1.165, 1.54) is 24.2 Å². The minimum atomic E-state index is -0.412. The highest BCUT2D eigenvalue weighted by Gasteiger charge is 2.35. The van der Waals surface area contributed by atoms with Crippen LogP contribution in [0.3, 0.4) is 0 Å². The molecule has 0 aromatic heterocycles. The predicted octanol–water partition coefficient (Wildman–Crippen LogP) is 2.06. The molecular formula is C17H23N2O5P. The average Bonchev–Trinajstić information content (AvgIpc) is 3.00. The second-order valence-corrected chi connectivity index (χ2v) is 6.31. The van der Waals surface area contributed by atoms with Gasteiger partial charge < -0.3 is 19.1 Å². The third-order valence-electron chi connectivity index (χ3n) is 3.74. The van der Waals surface area contributed by atoms with Crippen molar-refractivity contribution in [3.63, 3.8) is 0 Å². The summed E-state index contributed by atoms with van der Waals surface area (Å²) in [4.78, 5) is 23.9. The summed E-state index contributed by atoms with van der Waals surface area (Å²) in [6.45, 7) is 2.38. The van der Waals surface area contributed by atoms with Gasteiger partial charge in [0.15, 0.2) is 0 Å². The second kappa shape index (κ2) is 10.1. The van der Waals surface area contributed by atoms with E-state index in [0.29, 0.717) is 13.0 Å². The largest absolute Gasteiger partial charge is 0.450 e. The first kappa shape index (κ1) is 19.4. The Morgan fingerprint density at radius 2 is 2.20 bits per heavy atom. The number of benzene rings is 1. The molecule has 0 saturated carbocycles. The van der Waals surface area contributed by atoms with Crippen molar-refractivity contribution in [3.05, 3.63) is 42.6 Å². The molecule has 1 N–H and O–H groups in total. The van der Waals surface area contributed by atoms with E-state index in [-0.39, 0.29) is 27.0 Å². The summed E-state index contributed by atoms with van der Waals surface area (Å²) in [6.07, 6.45) is 3.61. The third-order valence-corrected chi connectivity index (χ3v) is 4.35. The van der Waals surface area contributed by atoms with Crippen molar-refractivity contribution in [1.29, 1.82) is 0 Å². The molecule has 2 amide bonds. The standard InChI is InChI=1S/C17H23N2O5P/c1-13-10-15(11-22-25-24-14-6-4-3-5-7-14)23-17(13)19(12-20)9-8-16(21)18-2/h3-9,12-13,15,17,25H,10-11H2,1-2H3,(H,18,21)/b9-8-. The summed E-state index contributed by atoms with van der Waals surface area (Å²) in [5.41, 5.74) is 0. The molecule has 7 nitrogen and oxygen atoms in total. The molecule has 1 heterocycles. The number of carbonyl (C=O) groups is 2. The molecule has 4 atom stereocenters. The van der Waals surface area contributed by atoms with E-state index in [0.717, 1.165) is 12.2 Å². The van der Waals surface area contributed by atoms with Gasteiger partial charge in [0.05, 0.1) is 12.7 Å². The molecule has 0 bridgehead atoms. The fourth-order valence-corrected chi connectivity index (χ4v) is 3.04. The Hall–Kier alpha value is -1.95. The van der Waals surface area contributed by atoms with Gasteiger partial charge in [0.25, 0.3) is 0 Å². The Morgan fingerprint density at radius 1 is 1.44 bits per heavy atom. The van der Waals surface area contributed by atoms with E-state index in [1.807, 2.05) is 37.3 Å². The van der Waals surface area contributed by atoms with Crippen molar-refractivity contribution in [2.24, 2.45) is 5.92 Å². The zero-order valence-corrected chi connectivity index (χ0v) is 15.3. The molecule has 1 aromatic carbocycles. The van der Waals surface area contributed by atoms with Gasteiger partial charge in [-0.1, -0.05) is 25.1 Å². The molecule has 1 saturated heterocycles. The first-order valence-electron chi connectivity index (χ1n) is 8.00. The number of likely N-dealkylation sites (N-methyl/N-ethyl adjacent to an activating group) is 1. The van der Waals surface area contributed by atoms with E-state index in [1.54, 1.807) is 0 Å². The van der Waals surface area contributed by atoms with Crippen LogP contribution in [0.1, 0.15) is 13.3 Å². The highest BCUT2D eigenvalue weighted by atomic mass is 31.1. The maximum atomic E-state index is 11.3. The molecule has 8 heteroatoms. The Labute approximate surface area is 149 Å². The van der Waals surface area contributed by atoms with Crippen molar-refractivity contribution in [1.82, 2.24) is 10.2 Å². The van der Waals surface area contributed by atoms with Crippen LogP contribution < -0.4 is 9.84 Å². The number of para-hydroxylation sites is 1. The summed E-state index contributed by atoms with van der Waals surface area (Å²) < 4.78 is 16.9. The molecule has 25 heavy (non-hydrogen) atoms. The highest BCUT2D eigenvalue weighted by Crippen LogP contribution is 2.30. The average molecular weight is 366 g/mol. The maximum absolute atomic E-state index is 11.3. The predicted molar refractivity (Wildman–Crippen MR) is 94.9 cm³/mol. The lowest BCUT2D eigenvalue weighted by Gasteiger charge is -2.24. The van der Waals surface area contributed by atoms with Gasteiger partial charge in [-0.3, -0.25) is 14.5 Å². The van der Waals surface area contributed by atoms with E-state index >= 15 is 0 Å². The molecule has 0 aliphatic carbocycles. The number of amides is 2. The molecule has 136 valence electrons. The first-order chi connectivity index (χ1) is 12.1. The van der Waals surface area contributed by atoms with Crippen LogP contribution in [0.15, 0.2) is 42.6 Å². The fraction of sp³-hybridized carbons (Fsp3) is 0.412. The number of nitrogens with zero attached hydrogens (tertiary/aromatic N) is 1. The van der Waals surface area contributed by atoms with Gasteiger partial charge in [0.2, 0.25) is 21.4 Å². The Morgan fingerprint density at radius 3 is 2.88 bits per heavy atom. The monoisotopic (exact) mass is 366 g/mol. The number of hydrogen-bond acceptors (Lipinski definition) is 5. The molecule has 0 spiro atoms. The molecular weight excluding hydrogens is 343 g/mol. The number of hydrogen-bond donors (Lipinski definition) is 1. The van der Waals surface area contributed by atoms with E-state index in [9.17, 15) is 9.59 Å². The van der Waals surface area contributed by atoms with Crippen LogP contribution in [0.2, 0.25) is 0 Å². The lowest BCUT2D eigenvalue weighted by atomic mass is 10.1. The second-order valence-electron chi connectivity index (χ2n) is 5.65. The van der Waals surface area contributed by atoms with Crippen LogP contribution in [-0.4, -0.2) is 43.2 Å². The minimum Gasteiger partial charge on any atom is -0.450 e. The summed E-state index contributed by atoms with van der Waals surface area (Å²) >= 11 is 0. The number of nitrogens with one attached hydrogen (secondary N) is 1. The molecule has 1 fully saturated rings. The molecule has 0 radical (unpaired) electrons. The van der Waals surface area contributed by atoms with Crippen molar-refractivity contribution in [3.8, 4) is 5.75 Å². The molecule has 4 unspecified atom stereocenters. The quantitative estimate of drug-likeness (QED) is 0.313. The summed E-state index contributed by atoms with van der Waals surface area (Å²) in [5, 5.41) is 2.46. The van der Waals surface area contributed by atoms with Crippen molar-refractivity contribution in [2.45, 2.75) is 25.7 Å². The first-order valence-corrected chi connectivity index (χ1v) is 8.82. The summed E-state index contributed by atoms with van der Waals surface area (Å²) in [6, 6.07) is 9.43. The molecule has 1 aliphatic rings. The van der Waals surface area contributed by atoms with Crippen LogP contribution in [0.4, 0.5) is 0 Å². The number of carbonyl (C=O) groups excluding carboxylic acids is 2. The Kier molecular flexibility index (Phi) is 7.85. The smallest absolute Gasteiger partial charge is 0.245 e. The van der Waals surface area contributed by atoms with Crippen LogP contribution in [0, 0.1) is 5.92 Å². The normalized spacial score (nSPS) is 23.2. The highest BCUT2D eigenvalue weighted by molar-refractivity contribution is 7.26. The third kappa shape index (κ3) is 6.12. The lowest BCUT2D eigenvalue weighted by Crippen LogP contribution is -2.34. The van der Waals surface area contributed by atoms with Gasteiger partial charge in [-0.05, 0) is 18.6 Å².